The molecule has 1 N–H and O–H groups in total. The molecule has 1 fully saturated rings. The van der Waals surface area contributed by atoms with Crippen LogP contribution in [0.2, 0.25) is 0 Å². The first-order valence-electron chi connectivity index (χ1n) is 5.13. The number of carbonyl (C=O) groups excluding carboxylic acids is 1. The van der Waals surface area contributed by atoms with Crippen LogP contribution in [0.3, 0.4) is 0 Å². The smallest absolute Gasteiger partial charge is 0.227 e. The van der Waals surface area contributed by atoms with E-state index >= 15 is 0 Å². The molecular weight excluding hydrogens is 186 g/mol. The van der Waals surface area contributed by atoms with Gasteiger partial charge in [-0.3, -0.25) is 4.79 Å². The van der Waals surface area contributed by atoms with Gasteiger partial charge in [-0.1, -0.05) is 5.92 Å². The quantitative estimate of drug-likeness (QED) is 0.728. The third-order valence-corrected chi connectivity index (χ3v) is 2.37. The van der Waals surface area contributed by atoms with E-state index in [1.165, 1.54) is 0 Å². The average Bonchev–Trinajstić information content (AvgIpc) is 3.04. The molecule has 0 saturated heterocycles. The van der Waals surface area contributed by atoms with Crippen molar-refractivity contribution in [3.63, 3.8) is 0 Å². The number of carbonyl (C=O) groups is 1. The van der Waals surface area contributed by atoms with E-state index in [2.05, 4.69) is 17.2 Å². The SMILES string of the molecule is CC#Cc1ccc(NC(=O)C2CC2)cc1. The third-order valence-electron chi connectivity index (χ3n) is 2.37. The van der Waals surface area contributed by atoms with Gasteiger partial charge in [0.25, 0.3) is 0 Å². The standard InChI is InChI=1S/C13H13NO/c1-2-3-10-4-8-12(9-5-10)14-13(15)11-6-7-11/h4-5,8-9,11H,6-7H2,1H3,(H,14,15). The lowest BCUT2D eigenvalue weighted by atomic mass is 10.2. The van der Waals surface area contributed by atoms with E-state index in [-0.39, 0.29) is 11.8 Å². The Kier molecular flexibility index (Phi) is 2.73. The van der Waals surface area contributed by atoms with Crippen LogP contribution in [0.5, 0.6) is 0 Å². The van der Waals surface area contributed by atoms with Crippen LogP contribution in [0.4, 0.5) is 5.69 Å². The zero-order valence-electron chi connectivity index (χ0n) is 8.71. The molecule has 1 amide bonds. The summed E-state index contributed by atoms with van der Waals surface area (Å²) < 4.78 is 0. The van der Waals surface area contributed by atoms with E-state index in [4.69, 9.17) is 0 Å². The van der Waals surface area contributed by atoms with Crippen molar-refractivity contribution in [1.82, 2.24) is 0 Å². The van der Waals surface area contributed by atoms with Gasteiger partial charge < -0.3 is 5.32 Å². The van der Waals surface area contributed by atoms with Crippen molar-refractivity contribution >= 4 is 11.6 Å². The van der Waals surface area contributed by atoms with Gasteiger partial charge in [-0.05, 0) is 44.0 Å². The minimum atomic E-state index is 0.143. The fourth-order valence-corrected chi connectivity index (χ4v) is 1.37. The summed E-state index contributed by atoms with van der Waals surface area (Å²) in [5.41, 5.74) is 1.83. The summed E-state index contributed by atoms with van der Waals surface area (Å²) in [5.74, 6) is 6.19. The van der Waals surface area contributed by atoms with E-state index in [0.717, 1.165) is 24.1 Å². The minimum absolute atomic E-state index is 0.143. The predicted molar refractivity (Wildman–Crippen MR) is 60.3 cm³/mol. The van der Waals surface area contributed by atoms with Gasteiger partial charge in [0, 0.05) is 17.2 Å². The van der Waals surface area contributed by atoms with Crippen molar-refractivity contribution < 1.29 is 4.79 Å². The molecule has 0 aromatic heterocycles. The highest BCUT2D eigenvalue weighted by Gasteiger charge is 2.29. The minimum Gasteiger partial charge on any atom is -0.326 e. The number of nitrogens with one attached hydrogen (secondary N) is 1. The first-order valence-corrected chi connectivity index (χ1v) is 5.13. The Labute approximate surface area is 89.7 Å². The highest BCUT2D eigenvalue weighted by Crippen LogP contribution is 2.30. The third kappa shape index (κ3) is 2.60. The maximum absolute atomic E-state index is 11.4. The molecule has 1 aromatic carbocycles. The number of rotatable bonds is 2. The Balaban J connectivity index is 2.02. The molecule has 1 aromatic rings. The lowest BCUT2D eigenvalue weighted by Gasteiger charge is -2.03. The van der Waals surface area contributed by atoms with Crippen LogP contribution >= 0.6 is 0 Å². The van der Waals surface area contributed by atoms with Crippen LogP contribution in [0.25, 0.3) is 0 Å². The van der Waals surface area contributed by atoms with Crippen molar-refractivity contribution in [2.75, 3.05) is 5.32 Å². The summed E-state index contributed by atoms with van der Waals surface area (Å²) in [5, 5.41) is 2.89. The summed E-state index contributed by atoms with van der Waals surface area (Å²) >= 11 is 0. The lowest BCUT2D eigenvalue weighted by Crippen LogP contribution is -2.12. The zero-order chi connectivity index (χ0) is 10.7. The van der Waals surface area contributed by atoms with E-state index in [9.17, 15) is 4.79 Å². The molecule has 76 valence electrons. The molecule has 0 unspecified atom stereocenters. The van der Waals surface area contributed by atoms with E-state index in [1.807, 2.05) is 31.2 Å². The molecule has 0 atom stereocenters. The maximum Gasteiger partial charge on any atom is 0.227 e. The molecular formula is C13H13NO. The fraction of sp³-hybridized carbons (Fsp3) is 0.308. The first-order chi connectivity index (χ1) is 7.29. The second kappa shape index (κ2) is 4.18. The predicted octanol–water partition coefficient (Wildman–Crippen LogP) is 2.41. The number of anilines is 1. The van der Waals surface area contributed by atoms with Gasteiger partial charge in [-0.25, -0.2) is 0 Å². The van der Waals surface area contributed by atoms with Gasteiger partial charge in [0.05, 0.1) is 0 Å². The van der Waals surface area contributed by atoms with Crippen LogP contribution in [0, 0.1) is 17.8 Å². The Hall–Kier alpha value is -1.75. The van der Waals surface area contributed by atoms with Crippen molar-refractivity contribution in [3.8, 4) is 11.8 Å². The van der Waals surface area contributed by atoms with Crippen LogP contribution in [0.1, 0.15) is 25.3 Å². The number of hydrogen-bond donors (Lipinski definition) is 1. The molecule has 1 saturated carbocycles. The van der Waals surface area contributed by atoms with Crippen molar-refractivity contribution in [2.45, 2.75) is 19.8 Å². The summed E-state index contributed by atoms with van der Waals surface area (Å²) in [6.45, 7) is 1.81. The molecule has 0 aliphatic heterocycles. The molecule has 0 heterocycles. The summed E-state index contributed by atoms with van der Waals surface area (Å²) in [6, 6.07) is 7.61. The summed E-state index contributed by atoms with van der Waals surface area (Å²) in [7, 11) is 0. The molecule has 15 heavy (non-hydrogen) atoms. The van der Waals surface area contributed by atoms with Gasteiger partial charge in [-0.2, -0.15) is 0 Å². The van der Waals surface area contributed by atoms with Gasteiger partial charge in [0.1, 0.15) is 0 Å². The van der Waals surface area contributed by atoms with Crippen LogP contribution in [0.15, 0.2) is 24.3 Å². The first kappa shape index (κ1) is 9.79. The monoisotopic (exact) mass is 199 g/mol. The van der Waals surface area contributed by atoms with Gasteiger partial charge >= 0.3 is 0 Å². The molecule has 0 bridgehead atoms. The van der Waals surface area contributed by atoms with E-state index < -0.39 is 0 Å². The van der Waals surface area contributed by atoms with Crippen LogP contribution in [-0.4, -0.2) is 5.91 Å². The highest BCUT2D eigenvalue weighted by molar-refractivity contribution is 5.94. The largest absolute Gasteiger partial charge is 0.326 e. The van der Waals surface area contributed by atoms with Gasteiger partial charge in [0.2, 0.25) is 5.91 Å². The lowest BCUT2D eigenvalue weighted by molar-refractivity contribution is -0.117. The van der Waals surface area contributed by atoms with Gasteiger partial charge in [-0.15, -0.1) is 5.92 Å². The van der Waals surface area contributed by atoms with Crippen molar-refractivity contribution in [3.05, 3.63) is 29.8 Å². The number of amides is 1. The summed E-state index contributed by atoms with van der Waals surface area (Å²) in [6.07, 6.45) is 2.07. The topological polar surface area (TPSA) is 29.1 Å². The molecule has 1 aliphatic carbocycles. The second-order valence-electron chi connectivity index (χ2n) is 3.72. The molecule has 0 radical (unpaired) electrons. The van der Waals surface area contributed by atoms with Crippen LogP contribution < -0.4 is 5.32 Å². The van der Waals surface area contributed by atoms with Crippen molar-refractivity contribution in [2.24, 2.45) is 5.92 Å². The van der Waals surface area contributed by atoms with Gasteiger partial charge in [0.15, 0.2) is 0 Å². The Morgan fingerprint density at radius 1 is 1.33 bits per heavy atom. The molecule has 2 nitrogen and oxygen atoms in total. The van der Waals surface area contributed by atoms with Crippen LogP contribution in [-0.2, 0) is 4.79 Å². The average molecular weight is 199 g/mol. The Bertz CT molecular complexity index is 418. The van der Waals surface area contributed by atoms with Crippen molar-refractivity contribution in [1.29, 1.82) is 0 Å². The fourth-order valence-electron chi connectivity index (χ4n) is 1.37. The molecule has 2 heteroatoms. The maximum atomic E-state index is 11.4. The number of hydrogen-bond acceptors (Lipinski definition) is 1. The zero-order valence-corrected chi connectivity index (χ0v) is 8.71. The molecule has 1 aliphatic rings. The van der Waals surface area contributed by atoms with E-state index in [1.54, 1.807) is 0 Å². The Morgan fingerprint density at radius 2 is 2.00 bits per heavy atom. The second-order valence-corrected chi connectivity index (χ2v) is 3.72. The normalized spacial score (nSPS) is 13.9. The molecule has 2 rings (SSSR count). The number of benzene rings is 1. The Morgan fingerprint density at radius 3 is 2.53 bits per heavy atom. The summed E-state index contributed by atoms with van der Waals surface area (Å²) in [4.78, 5) is 11.4. The highest BCUT2D eigenvalue weighted by atomic mass is 16.2. The molecule has 0 spiro atoms. The van der Waals surface area contributed by atoms with E-state index in [0.29, 0.717) is 0 Å².